The molecule has 1 saturated heterocycles. The van der Waals surface area contributed by atoms with Crippen LogP contribution < -0.4 is 10.6 Å². The van der Waals surface area contributed by atoms with Crippen molar-refractivity contribution in [3.63, 3.8) is 0 Å². The van der Waals surface area contributed by atoms with E-state index in [1.54, 1.807) is 6.07 Å². The topological polar surface area (TPSA) is 41.1 Å². The molecule has 1 unspecified atom stereocenters. The number of rotatable bonds is 2. The van der Waals surface area contributed by atoms with Crippen LogP contribution in [-0.4, -0.2) is 19.0 Å². The summed E-state index contributed by atoms with van der Waals surface area (Å²) in [5, 5.41) is 6.13. The number of hydrogen-bond donors (Lipinski definition) is 2. The van der Waals surface area contributed by atoms with Gasteiger partial charge in [-0.15, -0.1) is 0 Å². The zero-order chi connectivity index (χ0) is 12.3. The fraction of sp³-hybridized carbons (Fsp3) is 0.417. The van der Waals surface area contributed by atoms with E-state index >= 15 is 0 Å². The number of piperidine rings is 1. The summed E-state index contributed by atoms with van der Waals surface area (Å²) in [7, 11) is 0. The van der Waals surface area contributed by atoms with Crippen molar-refractivity contribution in [1.82, 2.24) is 5.32 Å². The van der Waals surface area contributed by atoms with E-state index in [9.17, 15) is 9.18 Å². The van der Waals surface area contributed by atoms with E-state index in [0.717, 1.165) is 19.4 Å². The van der Waals surface area contributed by atoms with Crippen LogP contribution in [0.15, 0.2) is 18.2 Å². The molecule has 0 spiro atoms. The van der Waals surface area contributed by atoms with Crippen LogP contribution in [-0.2, 0) is 4.79 Å². The highest BCUT2D eigenvalue weighted by molar-refractivity contribution is 6.30. The standard InChI is InChI=1S/C12H14ClFN2O/c13-9-4-10(14)6-11(5-9)16-12(17)8-2-1-3-15-7-8/h4-6,8,15H,1-3,7H2,(H,16,17). The number of halogens is 2. The summed E-state index contributed by atoms with van der Waals surface area (Å²) >= 11 is 5.72. The van der Waals surface area contributed by atoms with Gasteiger partial charge in [-0.05, 0) is 37.6 Å². The monoisotopic (exact) mass is 256 g/mol. The summed E-state index contributed by atoms with van der Waals surface area (Å²) in [5.74, 6) is -0.584. The molecular formula is C12H14ClFN2O. The van der Waals surface area contributed by atoms with Crippen molar-refractivity contribution in [2.45, 2.75) is 12.8 Å². The average molecular weight is 257 g/mol. The zero-order valence-electron chi connectivity index (χ0n) is 9.30. The minimum Gasteiger partial charge on any atom is -0.326 e. The molecule has 0 aliphatic carbocycles. The second kappa shape index (κ2) is 5.47. The second-order valence-corrected chi connectivity index (χ2v) is 4.63. The van der Waals surface area contributed by atoms with Gasteiger partial charge < -0.3 is 10.6 Å². The van der Waals surface area contributed by atoms with Gasteiger partial charge in [-0.25, -0.2) is 4.39 Å². The summed E-state index contributed by atoms with van der Waals surface area (Å²) in [5.41, 5.74) is 0.408. The van der Waals surface area contributed by atoms with Gasteiger partial charge in [0.15, 0.2) is 0 Å². The van der Waals surface area contributed by atoms with E-state index in [1.807, 2.05) is 0 Å². The molecule has 0 aromatic heterocycles. The zero-order valence-corrected chi connectivity index (χ0v) is 10.1. The predicted octanol–water partition coefficient (Wildman–Crippen LogP) is 2.42. The molecule has 0 saturated carbocycles. The summed E-state index contributed by atoms with van der Waals surface area (Å²) < 4.78 is 13.1. The lowest BCUT2D eigenvalue weighted by Gasteiger charge is -2.21. The van der Waals surface area contributed by atoms with E-state index in [0.29, 0.717) is 12.2 Å². The molecule has 5 heteroatoms. The van der Waals surface area contributed by atoms with E-state index in [4.69, 9.17) is 11.6 Å². The Balaban J connectivity index is 2.01. The number of benzene rings is 1. The first-order valence-corrected chi connectivity index (χ1v) is 6.00. The summed E-state index contributed by atoms with van der Waals surface area (Å²) in [6.07, 6.45) is 1.85. The lowest BCUT2D eigenvalue weighted by atomic mass is 9.99. The van der Waals surface area contributed by atoms with Crippen LogP contribution >= 0.6 is 11.6 Å². The fourth-order valence-corrected chi connectivity index (χ4v) is 2.17. The second-order valence-electron chi connectivity index (χ2n) is 4.19. The third kappa shape index (κ3) is 3.41. The van der Waals surface area contributed by atoms with E-state index in [1.165, 1.54) is 12.1 Å². The van der Waals surface area contributed by atoms with Crippen molar-refractivity contribution in [3.8, 4) is 0 Å². The number of amides is 1. The molecule has 1 aliphatic heterocycles. The maximum absolute atomic E-state index is 13.1. The molecule has 17 heavy (non-hydrogen) atoms. The molecule has 1 aromatic carbocycles. The Hall–Kier alpha value is -1.13. The van der Waals surface area contributed by atoms with Gasteiger partial charge >= 0.3 is 0 Å². The van der Waals surface area contributed by atoms with Gasteiger partial charge in [0.05, 0.1) is 5.92 Å². The maximum Gasteiger partial charge on any atom is 0.228 e. The first-order valence-electron chi connectivity index (χ1n) is 5.63. The molecule has 1 amide bonds. The van der Waals surface area contributed by atoms with Crippen molar-refractivity contribution in [2.75, 3.05) is 18.4 Å². The van der Waals surface area contributed by atoms with E-state index in [-0.39, 0.29) is 16.8 Å². The summed E-state index contributed by atoms with van der Waals surface area (Å²) in [6.45, 7) is 1.63. The third-order valence-corrected chi connectivity index (χ3v) is 3.02. The van der Waals surface area contributed by atoms with Crippen LogP contribution in [0.3, 0.4) is 0 Å². The summed E-state index contributed by atoms with van der Waals surface area (Å²) in [6, 6.07) is 4.01. The molecule has 1 heterocycles. The molecule has 1 fully saturated rings. The average Bonchev–Trinajstić information content (AvgIpc) is 2.28. The van der Waals surface area contributed by atoms with Crippen molar-refractivity contribution < 1.29 is 9.18 Å². The minimum atomic E-state index is -0.449. The van der Waals surface area contributed by atoms with Gasteiger partial charge in [-0.3, -0.25) is 4.79 Å². The van der Waals surface area contributed by atoms with E-state index < -0.39 is 5.82 Å². The Morgan fingerprint density at radius 1 is 1.47 bits per heavy atom. The molecule has 92 valence electrons. The lowest BCUT2D eigenvalue weighted by molar-refractivity contribution is -0.120. The molecule has 1 aromatic rings. The molecule has 2 N–H and O–H groups in total. The SMILES string of the molecule is O=C(Nc1cc(F)cc(Cl)c1)C1CCCNC1. The first kappa shape index (κ1) is 12.3. The van der Waals surface area contributed by atoms with Crippen LogP contribution in [0.1, 0.15) is 12.8 Å². The largest absolute Gasteiger partial charge is 0.326 e. The van der Waals surface area contributed by atoms with Crippen LogP contribution in [0.2, 0.25) is 5.02 Å². The molecule has 3 nitrogen and oxygen atoms in total. The van der Waals surface area contributed by atoms with E-state index in [2.05, 4.69) is 10.6 Å². The number of anilines is 1. The van der Waals surface area contributed by atoms with Gasteiger partial charge in [-0.1, -0.05) is 11.6 Å². The fourth-order valence-electron chi connectivity index (χ4n) is 1.95. The van der Waals surface area contributed by atoms with Crippen molar-refractivity contribution in [3.05, 3.63) is 29.0 Å². The number of hydrogen-bond acceptors (Lipinski definition) is 2. The molecule has 1 atom stereocenters. The Kier molecular flexibility index (Phi) is 3.97. The van der Waals surface area contributed by atoms with Crippen molar-refractivity contribution >= 4 is 23.2 Å². The number of nitrogens with one attached hydrogen (secondary N) is 2. The summed E-state index contributed by atoms with van der Waals surface area (Å²) in [4.78, 5) is 11.9. The highest BCUT2D eigenvalue weighted by Crippen LogP contribution is 2.19. The van der Waals surface area contributed by atoms with Crippen molar-refractivity contribution in [2.24, 2.45) is 5.92 Å². The van der Waals surface area contributed by atoms with Crippen LogP contribution in [0.4, 0.5) is 10.1 Å². The Morgan fingerprint density at radius 2 is 2.29 bits per heavy atom. The maximum atomic E-state index is 13.1. The highest BCUT2D eigenvalue weighted by Gasteiger charge is 2.20. The Bertz CT molecular complexity index is 399. The van der Waals surface area contributed by atoms with Crippen LogP contribution in [0.25, 0.3) is 0 Å². The first-order chi connectivity index (χ1) is 8.15. The lowest BCUT2D eigenvalue weighted by Crippen LogP contribution is -2.37. The van der Waals surface area contributed by atoms with Crippen LogP contribution in [0.5, 0.6) is 0 Å². The normalized spacial score (nSPS) is 20.0. The molecule has 0 radical (unpaired) electrons. The van der Waals surface area contributed by atoms with Gasteiger partial charge in [0.25, 0.3) is 0 Å². The van der Waals surface area contributed by atoms with Gasteiger partial charge in [0.2, 0.25) is 5.91 Å². The molecule has 2 rings (SSSR count). The van der Waals surface area contributed by atoms with Crippen molar-refractivity contribution in [1.29, 1.82) is 0 Å². The molecule has 1 aliphatic rings. The van der Waals surface area contributed by atoms with Gasteiger partial charge in [0.1, 0.15) is 5.82 Å². The smallest absolute Gasteiger partial charge is 0.228 e. The molecular weight excluding hydrogens is 243 g/mol. The highest BCUT2D eigenvalue weighted by atomic mass is 35.5. The molecule has 0 bridgehead atoms. The quantitative estimate of drug-likeness (QED) is 0.853. The number of carbonyl (C=O) groups excluding carboxylic acids is 1. The van der Waals surface area contributed by atoms with Gasteiger partial charge in [0, 0.05) is 17.3 Å². The third-order valence-electron chi connectivity index (χ3n) is 2.80. The Morgan fingerprint density at radius 3 is 2.94 bits per heavy atom. The number of carbonyl (C=O) groups is 1. The van der Waals surface area contributed by atoms with Crippen LogP contribution in [0, 0.1) is 11.7 Å². The predicted molar refractivity (Wildman–Crippen MR) is 65.6 cm³/mol. The van der Waals surface area contributed by atoms with Gasteiger partial charge in [-0.2, -0.15) is 0 Å². The Labute approximate surface area is 104 Å². The minimum absolute atomic E-state index is 0.0502.